The second-order valence-corrected chi connectivity index (χ2v) is 10.3. The lowest BCUT2D eigenvalue weighted by atomic mass is 10.1. The molecular weight excluding hydrogens is 515 g/mol. The van der Waals surface area contributed by atoms with Crippen LogP contribution in [0.4, 0.5) is 0 Å². The van der Waals surface area contributed by atoms with Crippen molar-refractivity contribution in [3.05, 3.63) is 0 Å². The van der Waals surface area contributed by atoms with Crippen LogP contribution in [0.25, 0.3) is 0 Å². The molecule has 2 heterocycles. The van der Waals surface area contributed by atoms with Gasteiger partial charge < -0.3 is 38.1 Å². The average molecular weight is 565 g/mol. The minimum atomic E-state index is -0.170. The lowest BCUT2D eigenvalue weighted by Gasteiger charge is -2.37. The zero-order chi connectivity index (χ0) is 22.4. The summed E-state index contributed by atoms with van der Waals surface area (Å²) in [6.45, 7) is 6.79. The van der Waals surface area contributed by atoms with Gasteiger partial charge in [0.1, 0.15) is 6.54 Å². The predicted molar refractivity (Wildman–Crippen MR) is 127 cm³/mol. The fourth-order valence-electron chi connectivity index (χ4n) is 5.23. The quantitative estimate of drug-likeness (QED) is 0.133. The van der Waals surface area contributed by atoms with Crippen molar-refractivity contribution in [2.75, 3.05) is 39.8 Å². The molecule has 2 aliphatic rings. The van der Waals surface area contributed by atoms with Crippen LogP contribution < -0.4 is 24.0 Å². The Morgan fingerprint density at radius 3 is 2.09 bits per heavy atom. The maximum Gasteiger partial charge on any atom is 0.306 e. The summed E-state index contributed by atoms with van der Waals surface area (Å²) in [7, 11) is 2.30. The Balaban J connectivity index is 0.00000512. The fourth-order valence-corrected chi connectivity index (χ4v) is 5.23. The molecule has 0 spiro atoms. The van der Waals surface area contributed by atoms with E-state index in [2.05, 4.69) is 14.0 Å². The van der Waals surface area contributed by atoms with Gasteiger partial charge in [0.15, 0.2) is 6.10 Å². The minimum absolute atomic E-state index is 0. The minimum Gasteiger partial charge on any atom is -1.00 e. The summed E-state index contributed by atoms with van der Waals surface area (Å²) in [4.78, 5) is 26.7. The van der Waals surface area contributed by atoms with E-state index in [1.54, 1.807) is 0 Å². The monoisotopic (exact) mass is 564 g/mol. The highest BCUT2D eigenvalue weighted by Gasteiger charge is 2.33. The van der Waals surface area contributed by atoms with E-state index in [1.807, 2.05) is 4.90 Å². The number of amides is 1. The Morgan fingerprint density at radius 2 is 1.53 bits per heavy atom. The first-order valence-corrected chi connectivity index (χ1v) is 13.3. The van der Waals surface area contributed by atoms with Crippen molar-refractivity contribution in [1.29, 1.82) is 0 Å². The van der Waals surface area contributed by atoms with Gasteiger partial charge >= 0.3 is 5.97 Å². The number of likely N-dealkylation sites (tertiary alicyclic amines) is 2. The normalized spacial score (nSPS) is 19.3. The number of ether oxygens (including phenoxy) is 1. The molecule has 0 aliphatic carbocycles. The van der Waals surface area contributed by atoms with Gasteiger partial charge in [-0.1, -0.05) is 58.3 Å². The van der Waals surface area contributed by atoms with Crippen LogP contribution in [-0.4, -0.2) is 67.1 Å². The summed E-state index contributed by atoms with van der Waals surface area (Å²) < 4.78 is 6.96. The molecule has 188 valence electrons. The Bertz CT molecular complexity index is 521. The van der Waals surface area contributed by atoms with Crippen LogP contribution >= 0.6 is 0 Å². The van der Waals surface area contributed by atoms with Crippen LogP contribution in [0.5, 0.6) is 0 Å². The van der Waals surface area contributed by atoms with E-state index in [4.69, 9.17) is 4.74 Å². The number of hydrogen-bond acceptors (Lipinski definition) is 3. The van der Waals surface area contributed by atoms with Gasteiger partial charge in [-0.25, -0.2) is 0 Å². The van der Waals surface area contributed by atoms with Gasteiger partial charge in [-0.2, -0.15) is 0 Å². The molecule has 0 saturated carbocycles. The maximum absolute atomic E-state index is 12.6. The van der Waals surface area contributed by atoms with Gasteiger partial charge in [-0.15, -0.1) is 0 Å². The standard InChI is InChI=1S/C26H49N2O3.HI/c1-3-4-5-6-7-8-9-10-13-18-26(30)31-24(22-27-19-16-17-25(27)29)23-28(2)20-14-11-12-15-21-28;/h24H,3-23H2,1-2H3;1H/q+1;/p-1. The first kappa shape index (κ1) is 29.7. The molecule has 1 unspecified atom stereocenters. The van der Waals surface area contributed by atoms with Crippen LogP contribution in [-0.2, 0) is 14.3 Å². The number of nitrogens with zero attached hydrogens (tertiary/aromatic N) is 2. The SMILES string of the molecule is CCCCCCCCCCCC(=O)OC(CN1CCCC1=O)C[N+]1(C)CCCCCC1.[I-]. The lowest BCUT2D eigenvalue weighted by molar-refractivity contribution is -0.911. The highest BCUT2D eigenvalue weighted by Crippen LogP contribution is 2.20. The molecule has 2 fully saturated rings. The van der Waals surface area contributed by atoms with Crippen LogP contribution in [0.3, 0.4) is 0 Å². The number of hydrogen-bond donors (Lipinski definition) is 0. The summed E-state index contributed by atoms with van der Waals surface area (Å²) in [6, 6.07) is 0. The second kappa shape index (κ2) is 17.1. The molecule has 2 rings (SSSR count). The van der Waals surface area contributed by atoms with E-state index in [0.717, 1.165) is 49.9 Å². The number of halogens is 1. The van der Waals surface area contributed by atoms with E-state index in [0.29, 0.717) is 19.4 Å². The highest BCUT2D eigenvalue weighted by atomic mass is 127. The molecule has 0 N–H and O–H groups in total. The van der Waals surface area contributed by atoms with Gasteiger partial charge in [-0.3, -0.25) is 9.59 Å². The average Bonchev–Trinajstić information content (AvgIpc) is 3.00. The third-order valence-corrected chi connectivity index (χ3v) is 7.17. The molecule has 0 aromatic heterocycles. The van der Waals surface area contributed by atoms with Crippen molar-refractivity contribution in [1.82, 2.24) is 4.90 Å². The Hall–Kier alpha value is -0.370. The first-order valence-electron chi connectivity index (χ1n) is 13.3. The van der Waals surface area contributed by atoms with Gasteiger partial charge in [0.2, 0.25) is 5.91 Å². The van der Waals surface area contributed by atoms with Crippen molar-refractivity contribution in [2.24, 2.45) is 0 Å². The Kier molecular flexibility index (Phi) is 15.9. The second-order valence-electron chi connectivity index (χ2n) is 10.3. The molecule has 1 amide bonds. The van der Waals surface area contributed by atoms with Crippen LogP contribution in [0, 0.1) is 0 Å². The molecule has 2 saturated heterocycles. The zero-order valence-corrected chi connectivity index (χ0v) is 23.1. The number of carbonyl (C=O) groups excluding carboxylic acids is 2. The first-order chi connectivity index (χ1) is 15.0. The number of quaternary nitrogens is 1. The largest absolute Gasteiger partial charge is 1.00 e. The summed E-state index contributed by atoms with van der Waals surface area (Å²) in [5, 5.41) is 0. The van der Waals surface area contributed by atoms with Crippen molar-refractivity contribution in [3.8, 4) is 0 Å². The number of unbranched alkanes of at least 4 members (excludes halogenated alkanes) is 8. The third-order valence-electron chi connectivity index (χ3n) is 7.17. The van der Waals surface area contributed by atoms with E-state index >= 15 is 0 Å². The van der Waals surface area contributed by atoms with Gasteiger partial charge in [0.25, 0.3) is 0 Å². The lowest BCUT2D eigenvalue weighted by Crippen LogP contribution is -3.00. The summed E-state index contributed by atoms with van der Waals surface area (Å²) >= 11 is 0. The van der Waals surface area contributed by atoms with Gasteiger partial charge in [0, 0.05) is 19.4 Å². The van der Waals surface area contributed by atoms with E-state index in [1.165, 1.54) is 70.6 Å². The van der Waals surface area contributed by atoms with E-state index in [9.17, 15) is 9.59 Å². The van der Waals surface area contributed by atoms with Crippen molar-refractivity contribution in [3.63, 3.8) is 0 Å². The molecule has 0 bridgehead atoms. The van der Waals surface area contributed by atoms with Crippen molar-refractivity contribution < 1.29 is 42.8 Å². The molecule has 5 nitrogen and oxygen atoms in total. The number of likely N-dealkylation sites (N-methyl/N-ethyl adjacent to an activating group) is 1. The van der Waals surface area contributed by atoms with Crippen molar-refractivity contribution >= 4 is 11.9 Å². The van der Waals surface area contributed by atoms with Crippen molar-refractivity contribution in [2.45, 2.75) is 116 Å². The number of rotatable bonds is 15. The topological polar surface area (TPSA) is 46.6 Å². The van der Waals surface area contributed by atoms with E-state index in [-0.39, 0.29) is 42.0 Å². The molecule has 0 aromatic rings. The highest BCUT2D eigenvalue weighted by molar-refractivity contribution is 5.78. The fraction of sp³-hybridized carbons (Fsp3) is 0.923. The molecular formula is C26H49IN2O3. The molecule has 0 radical (unpaired) electrons. The molecule has 32 heavy (non-hydrogen) atoms. The predicted octanol–water partition coefficient (Wildman–Crippen LogP) is 2.47. The van der Waals surface area contributed by atoms with Gasteiger partial charge in [0.05, 0.1) is 26.7 Å². The zero-order valence-electron chi connectivity index (χ0n) is 20.9. The van der Waals surface area contributed by atoms with Crippen LogP contribution in [0.2, 0.25) is 0 Å². The van der Waals surface area contributed by atoms with Gasteiger partial charge in [-0.05, 0) is 38.5 Å². The van der Waals surface area contributed by atoms with Crippen LogP contribution in [0.15, 0.2) is 0 Å². The summed E-state index contributed by atoms with van der Waals surface area (Å²) in [6.07, 6.45) is 18.3. The maximum atomic E-state index is 12.6. The number of carbonyl (C=O) groups is 2. The molecule has 0 aromatic carbocycles. The molecule has 1 atom stereocenters. The summed E-state index contributed by atoms with van der Waals surface area (Å²) in [5.74, 6) is 0.152. The Labute approximate surface area is 214 Å². The molecule has 2 aliphatic heterocycles. The smallest absolute Gasteiger partial charge is 0.306 e. The van der Waals surface area contributed by atoms with E-state index < -0.39 is 0 Å². The number of esters is 1. The third kappa shape index (κ3) is 12.2. The molecule has 6 heteroatoms. The summed E-state index contributed by atoms with van der Waals surface area (Å²) in [5.41, 5.74) is 0. The van der Waals surface area contributed by atoms with Crippen LogP contribution in [0.1, 0.15) is 110 Å². The Morgan fingerprint density at radius 1 is 0.938 bits per heavy atom.